The van der Waals surface area contributed by atoms with Gasteiger partial charge in [-0.15, -0.1) is 11.3 Å². The zero-order chi connectivity index (χ0) is 20.8. The minimum Gasteiger partial charge on any atom is -0.497 e. The van der Waals surface area contributed by atoms with Crippen LogP contribution in [0.25, 0.3) is 11.3 Å². The summed E-state index contributed by atoms with van der Waals surface area (Å²) in [5, 5.41) is 6.74. The molecule has 0 saturated heterocycles. The van der Waals surface area contributed by atoms with Gasteiger partial charge in [0.1, 0.15) is 17.2 Å². The van der Waals surface area contributed by atoms with Gasteiger partial charge >= 0.3 is 0 Å². The molecule has 0 N–H and O–H groups in total. The Hall–Kier alpha value is -2.58. The number of methoxy groups -OCH3 is 3. The second-order valence-corrected chi connectivity index (χ2v) is 7.64. The van der Waals surface area contributed by atoms with E-state index in [-0.39, 0.29) is 0 Å². The van der Waals surface area contributed by atoms with Gasteiger partial charge in [0.15, 0.2) is 0 Å². The van der Waals surface area contributed by atoms with Gasteiger partial charge in [0, 0.05) is 33.6 Å². The third kappa shape index (κ3) is 4.71. The predicted octanol–water partition coefficient (Wildman–Crippen LogP) is 4.81. The van der Waals surface area contributed by atoms with Gasteiger partial charge in [-0.2, -0.15) is 5.10 Å². The maximum absolute atomic E-state index is 5.58. The van der Waals surface area contributed by atoms with Gasteiger partial charge in [0.2, 0.25) is 4.80 Å². The Morgan fingerprint density at radius 3 is 2.52 bits per heavy atom. The van der Waals surface area contributed by atoms with Gasteiger partial charge in [0.05, 0.1) is 33.2 Å². The highest BCUT2D eigenvalue weighted by Gasteiger charge is 2.14. The fourth-order valence-corrected chi connectivity index (χ4v) is 4.05. The van der Waals surface area contributed by atoms with Crippen LogP contribution in [0.4, 0.5) is 0 Å². The standard InChI is InChI=1S/C21H22BrN3O3S/c1-5-23-21-25(24-12-14-10-15(22)6-9-19(14)27-3)18(13-29-21)17-8-7-16(26-2)11-20(17)28-4/h6-13H,5H2,1-4H3. The molecule has 0 amide bonds. The first kappa shape index (κ1) is 21.1. The van der Waals surface area contributed by atoms with Gasteiger partial charge in [0.25, 0.3) is 0 Å². The summed E-state index contributed by atoms with van der Waals surface area (Å²) in [5.74, 6) is 2.17. The van der Waals surface area contributed by atoms with Crippen molar-refractivity contribution in [2.24, 2.45) is 10.1 Å². The van der Waals surface area contributed by atoms with Gasteiger partial charge in [-0.3, -0.25) is 4.99 Å². The van der Waals surface area contributed by atoms with E-state index in [2.05, 4.69) is 20.9 Å². The minimum atomic E-state index is 0.662. The van der Waals surface area contributed by atoms with E-state index >= 15 is 0 Å². The van der Waals surface area contributed by atoms with Gasteiger partial charge in [-0.25, -0.2) is 4.68 Å². The Morgan fingerprint density at radius 1 is 1.03 bits per heavy atom. The lowest BCUT2D eigenvalue weighted by Crippen LogP contribution is -2.12. The maximum atomic E-state index is 5.58. The Kier molecular flexibility index (Phi) is 7.11. The Bertz CT molecular complexity index is 1090. The molecule has 0 unspecified atom stereocenters. The second-order valence-electron chi connectivity index (χ2n) is 5.89. The van der Waals surface area contributed by atoms with E-state index in [0.29, 0.717) is 12.3 Å². The molecule has 8 heteroatoms. The van der Waals surface area contributed by atoms with Crippen LogP contribution in [0.1, 0.15) is 12.5 Å². The van der Waals surface area contributed by atoms with Crippen LogP contribution in [0.2, 0.25) is 0 Å². The average Bonchev–Trinajstić information content (AvgIpc) is 3.14. The van der Waals surface area contributed by atoms with Crippen molar-refractivity contribution in [2.75, 3.05) is 27.9 Å². The zero-order valence-corrected chi connectivity index (χ0v) is 19.1. The van der Waals surface area contributed by atoms with E-state index < -0.39 is 0 Å². The van der Waals surface area contributed by atoms with Gasteiger partial charge < -0.3 is 14.2 Å². The summed E-state index contributed by atoms with van der Waals surface area (Å²) in [6, 6.07) is 11.5. The number of ether oxygens (including phenoxy) is 3. The van der Waals surface area contributed by atoms with Crippen molar-refractivity contribution >= 4 is 33.5 Å². The van der Waals surface area contributed by atoms with Crippen LogP contribution in [0.15, 0.2) is 56.3 Å². The molecule has 0 aliphatic rings. The number of hydrogen-bond acceptors (Lipinski definition) is 6. The number of hydrogen-bond donors (Lipinski definition) is 0. The van der Waals surface area contributed by atoms with E-state index in [9.17, 15) is 0 Å². The summed E-state index contributed by atoms with van der Waals surface area (Å²) in [6.07, 6.45) is 1.77. The molecule has 1 aromatic heterocycles. The first-order valence-electron chi connectivity index (χ1n) is 8.92. The third-order valence-electron chi connectivity index (χ3n) is 4.17. The molecule has 0 aliphatic heterocycles. The maximum Gasteiger partial charge on any atom is 0.206 e. The van der Waals surface area contributed by atoms with E-state index in [1.165, 1.54) is 11.3 Å². The molecule has 0 aliphatic carbocycles. The lowest BCUT2D eigenvalue weighted by molar-refractivity contribution is 0.395. The molecule has 0 radical (unpaired) electrons. The quantitative estimate of drug-likeness (QED) is 0.460. The summed E-state index contributed by atoms with van der Waals surface area (Å²) < 4.78 is 19.1. The van der Waals surface area contributed by atoms with Crippen molar-refractivity contribution in [1.29, 1.82) is 0 Å². The van der Waals surface area contributed by atoms with Crippen LogP contribution < -0.4 is 19.0 Å². The molecular formula is C21H22BrN3O3S. The summed E-state index contributed by atoms with van der Waals surface area (Å²) in [6.45, 7) is 2.66. The predicted molar refractivity (Wildman–Crippen MR) is 121 cm³/mol. The van der Waals surface area contributed by atoms with Crippen molar-refractivity contribution in [3.8, 4) is 28.5 Å². The van der Waals surface area contributed by atoms with Crippen molar-refractivity contribution in [1.82, 2.24) is 4.68 Å². The van der Waals surface area contributed by atoms with E-state index in [4.69, 9.17) is 19.3 Å². The highest BCUT2D eigenvalue weighted by molar-refractivity contribution is 9.10. The van der Waals surface area contributed by atoms with Gasteiger partial charge in [-0.1, -0.05) is 15.9 Å². The molecule has 0 bridgehead atoms. The molecule has 6 nitrogen and oxygen atoms in total. The number of aromatic nitrogens is 1. The molecule has 1 heterocycles. The Balaban J connectivity index is 2.14. The molecule has 0 saturated carbocycles. The summed E-state index contributed by atoms with van der Waals surface area (Å²) >= 11 is 5.03. The topological polar surface area (TPSA) is 57.3 Å². The lowest BCUT2D eigenvalue weighted by atomic mass is 10.1. The number of benzene rings is 2. The summed E-state index contributed by atoms with van der Waals surface area (Å²) in [4.78, 5) is 5.37. The monoisotopic (exact) mass is 475 g/mol. The molecule has 3 rings (SSSR count). The number of rotatable bonds is 7. The Labute approximate surface area is 182 Å². The van der Waals surface area contributed by atoms with E-state index in [0.717, 1.165) is 37.6 Å². The van der Waals surface area contributed by atoms with Crippen LogP contribution in [0.5, 0.6) is 17.2 Å². The molecule has 0 atom stereocenters. The van der Waals surface area contributed by atoms with Crippen LogP contribution in [0.3, 0.4) is 0 Å². The normalized spacial score (nSPS) is 11.8. The molecular weight excluding hydrogens is 454 g/mol. The zero-order valence-electron chi connectivity index (χ0n) is 16.7. The first-order chi connectivity index (χ1) is 14.1. The molecule has 3 aromatic rings. The second kappa shape index (κ2) is 9.76. The largest absolute Gasteiger partial charge is 0.497 e. The number of nitrogens with zero attached hydrogens (tertiary/aromatic N) is 3. The van der Waals surface area contributed by atoms with Crippen molar-refractivity contribution in [2.45, 2.75) is 6.92 Å². The van der Waals surface area contributed by atoms with Crippen LogP contribution >= 0.6 is 27.3 Å². The number of halogens is 1. The molecule has 0 spiro atoms. The molecule has 152 valence electrons. The molecule has 2 aromatic carbocycles. The number of thiazole rings is 1. The third-order valence-corrected chi connectivity index (χ3v) is 5.51. The van der Waals surface area contributed by atoms with Crippen LogP contribution in [-0.2, 0) is 0 Å². The molecule has 29 heavy (non-hydrogen) atoms. The molecule has 0 fully saturated rings. The fourth-order valence-electron chi connectivity index (χ4n) is 2.78. The van der Waals surface area contributed by atoms with Crippen LogP contribution in [-0.4, -0.2) is 38.8 Å². The summed E-state index contributed by atoms with van der Waals surface area (Å²) in [5.41, 5.74) is 2.64. The van der Waals surface area contributed by atoms with Crippen molar-refractivity contribution in [3.05, 3.63) is 56.6 Å². The van der Waals surface area contributed by atoms with Crippen molar-refractivity contribution in [3.63, 3.8) is 0 Å². The minimum absolute atomic E-state index is 0.662. The average molecular weight is 476 g/mol. The SMILES string of the molecule is CCN=c1scc(-c2ccc(OC)cc2OC)n1N=Cc1cc(Br)ccc1OC. The lowest BCUT2D eigenvalue weighted by Gasteiger charge is -2.11. The highest BCUT2D eigenvalue weighted by atomic mass is 79.9. The van der Waals surface area contributed by atoms with Gasteiger partial charge in [-0.05, 0) is 37.3 Å². The van der Waals surface area contributed by atoms with E-state index in [1.807, 2.05) is 53.4 Å². The fraction of sp³-hybridized carbons (Fsp3) is 0.238. The Morgan fingerprint density at radius 2 is 1.83 bits per heavy atom. The first-order valence-corrected chi connectivity index (χ1v) is 10.6. The van der Waals surface area contributed by atoms with Crippen LogP contribution in [0, 0.1) is 0 Å². The highest BCUT2D eigenvalue weighted by Crippen LogP contribution is 2.33. The van der Waals surface area contributed by atoms with E-state index in [1.54, 1.807) is 27.5 Å². The van der Waals surface area contributed by atoms with Crippen molar-refractivity contribution < 1.29 is 14.2 Å². The smallest absolute Gasteiger partial charge is 0.206 e. The summed E-state index contributed by atoms with van der Waals surface area (Å²) in [7, 11) is 4.92.